The van der Waals surface area contributed by atoms with E-state index in [2.05, 4.69) is 0 Å². The third-order valence-electron chi connectivity index (χ3n) is 16.8. The normalized spacial score (nSPS) is 15.0. The van der Waals surface area contributed by atoms with Crippen molar-refractivity contribution in [2.75, 3.05) is 0 Å². The molecule has 492 valence electrons. The summed E-state index contributed by atoms with van der Waals surface area (Å²) in [4.78, 5) is 0. The fraction of sp³-hybridized carbons (Fsp3) is 0.163. The van der Waals surface area contributed by atoms with Crippen LogP contribution in [0.1, 0.15) is 79.0 Å². The molecule has 2 aliphatic rings. The van der Waals surface area contributed by atoms with Gasteiger partial charge in [-0.15, -0.1) is 0 Å². The Hall–Kier alpha value is -11.4. The summed E-state index contributed by atoms with van der Waals surface area (Å²) in [5, 5.41) is 23.1. The van der Waals surface area contributed by atoms with E-state index in [0.29, 0.717) is 123 Å². The predicted molar refractivity (Wildman–Crippen MR) is 378 cm³/mol. The zero-order valence-electron chi connectivity index (χ0n) is 54.2. The van der Waals surface area contributed by atoms with Crippen LogP contribution in [0.2, 0.25) is 0 Å². The number of aliphatic hydroxyl groups excluding tert-OH is 2. The van der Waals surface area contributed by atoms with Crippen LogP contribution < -0.4 is 47.4 Å². The summed E-state index contributed by atoms with van der Waals surface area (Å²) < 4.78 is 63.5. The number of hydrogen-bond acceptors (Lipinski definition) is 12. The molecule has 0 bridgehead atoms. The molecule has 0 radical (unpaired) electrons. The molecule has 2 aliphatic heterocycles. The Morgan fingerprint density at radius 1 is 0.245 bits per heavy atom. The third kappa shape index (κ3) is 17.7. The van der Waals surface area contributed by atoms with E-state index in [1.807, 2.05) is 303 Å². The highest BCUT2D eigenvalue weighted by atomic mass is 16.5. The maximum absolute atomic E-state index is 11.5. The molecule has 12 nitrogen and oxygen atoms in total. The van der Waals surface area contributed by atoms with E-state index in [1.54, 1.807) is 0 Å². The van der Waals surface area contributed by atoms with E-state index in [1.165, 1.54) is 0 Å². The Morgan fingerprint density at radius 3 is 0.745 bits per heavy atom. The molecular formula is C86H76O12. The van der Waals surface area contributed by atoms with Crippen molar-refractivity contribution in [2.24, 2.45) is 0 Å². The van der Waals surface area contributed by atoms with Crippen LogP contribution in [0.25, 0.3) is 0 Å². The minimum Gasteiger partial charge on any atom is -0.489 e. The Bertz CT molecular complexity index is 4150. The lowest BCUT2D eigenvalue weighted by molar-refractivity contribution is 0.0192. The molecule has 0 unspecified atom stereocenters. The van der Waals surface area contributed by atoms with Crippen LogP contribution in [0, 0.1) is 0 Å². The Kier molecular flexibility index (Phi) is 21.8. The first-order valence-corrected chi connectivity index (χ1v) is 33.0. The van der Waals surface area contributed by atoms with Gasteiger partial charge in [0.1, 0.15) is 99.6 Å². The molecule has 12 aromatic rings. The van der Waals surface area contributed by atoms with Gasteiger partial charge in [0.05, 0.1) is 12.2 Å². The summed E-state index contributed by atoms with van der Waals surface area (Å²) in [6.07, 6.45) is -2.28. The van der Waals surface area contributed by atoms with Crippen molar-refractivity contribution < 1.29 is 57.6 Å². The van der Waals surface area contributed by atoms with Crippen molar-refractivity contribution in [1.29, 1.82) is 0 Å². The second-order valence-corrected chi connectivity index (χ2v) is 24.0. The minimum absolute atomic E-state index is 0.343. The van der Waals surface area contributed by atoms with E-state index >= 15 is 0 Å². The van der Waals surface area contributed by atoms with Gasteiger partial charge in [0.2, 0.25) is 0 Å². The Labute approximate surface area is 572 Å². The Balaban J connectivity index is 0.000000176. The smallest absolute Gasteiger partial charge is 0.162 e. The van der Waals surface area contributed by atoms with Gasteiger partial charge in [0.15, 0.2) is 23.0 Å². The second kappa shape index (κ2) is 32.8. The van der Waals surface area contributed by atoms with Crippen molar-refractivity contribution in [3.05, 3.63) is 370 Å². The van der Waals surface area contributed by atoms with Gasteiger partial charge >= 0.3 is 0 Å². The quantitative estimate of drug-likeness (QED) is 0.0535. The van der Waals surface area contributed by atoms with E-state index in [4.69, 9.17) is 47.4 Å². The first-order valence-electron chi connectivity index (χ1n) is 33.0. The van der Waals surface area contributed by atoms with Crippen LogP contribution in [-0.2, 0) is 65.7 Å². The standard InChI is InChI=1S/2C43H38O6/c2*44-38-26-37-40(47-29-33-17-9-3-10-18-33)24-36(45-27-31-13-5-1-6-14-31)25-41(37)49-43(38)35-21-22-39(46-28-32-15-7-2-8-16-32)42(23-35)48-30-34-19-11-4-12-20-34/h2*1-25,38,43-44H,26-30H2/t38-,43+;38-,43-/m01/s1. The van der Waals surface area contributed by atoms with Crippen LogP contribution in [0.5, 0.6) is 57.5 Å². The van der Waals surface area contributed by atoms with Crippen molar-refractivity contribution in [3.8, 4) is 57.5 Å². The monoisotopic (exact) mass is 1300 g/mol. The lowest BCUT2D eigenvalue weighted by Crippen LogP contribution is -2.30. The first kappa shape index (κ1) is 65.2. The maximum Gasteiger partial charge on any atom is 0.162 e. The van der Waals surface area contributed by atoms with Crippen LogP contribution >= 0.6 is 0 Å². The number of hydrogen-bond donors (Lipinski definition) is 2. The average Bonchev–Trinajstić information content (AvgIpc) is 0.783. The maximum atomic E-state index is 11.5. The second-order valence-electron chi connectivity index (χ2n) is 24.0. The van der Waals surface area contributed by atoms with Gasteiger partial charge in [0, 0.05) is 48.2 Å². The van der Waals surface area contributed by atoms with Crippen molar-refractivity contribution in [1.82, 2.24) is 0 Å². The molecule has 0 saturated carbocycles. The lowest BCUT2D eigenvalue weighted by atomic mass is 9.93. The number of fused-ring (bicyclic) bond motifs is 2. The van der Waals surface area contributed by atoms with Crippen LogP contribution in [0.15, 0.2) is 303 Å². The zero-order chi connectivity index (χ0) is 66.5. The van der Waals surface area contributed by atoms with E-state index in [9.17, 15) is 10.2 Å². The average molecular weight is 1300 g/mol. The third-order valence-corrected chi connectivity index (χ3v) is 16.8. The van der Waals surface area contributed by atoms with Crippen molar-refractivity contribution >= 4 is 0 Å². The summed E-state index contributed by atoms with van der Waals surface area (Å²) in [5.74, 6) is 6.09. The number of benzene rings is 12. The fourth-order valence-electron chi connectivity index (χ4n) is 11.6. The molecule has 0 spiro atoms. The van der Waals surface area contributed by atoms with E-state index in [-0.39, 0.29) is 0 Å². The zero-order valence-corrected chi connectivity index (χ0v) is 54.2. The van der Waals surface area contributed by atoms with Crippen molar-refractivity contribution in [2.45, 2.75) is 90.1 Å². The van der Waals surface area contributed by atoms with Gasteiger partial charge < -0.3 is 57.6 Å². The molecule has 98 heavy (non-hydrogen) atoms. The summed E-state index contributed by atoms with van der Waals surface area (Å²) >= 11 is 0. The topological polar surface area (TPSA) is 133 Å². The molecule has 4 atom stereocenters. The highest BCUT2D eigenvalue weighted by molar-refractivity contribution is 5.55. The lowest BCUT2D eigenvalue weighted by Gasteiger charge is -2.32. The molecule has 2 heterocycles. The molecule has 0 aliphatic carbocycles. The van der Waals surface area contributed by atoms with Gasteiger partial charge in [-0.05, 0) is 79.9 Å². The molecule has 0 amide bonds. The van der Waals surface area contributed by atoms with Crippen molar-refractivity contribution in [3.63, 3.8) is 0 Å². The van der Waals surface area contributed by atoms with Crippen LogP contribution in [0.4, 0.5) is 0 Å². The largest absolute Gasteiger partial charge is 0.489 e. The molecular weight excluding hydrogens is 1220 g/mol. The number of rotatable bonds is 26. The molecule has 2 N–H and O–H groups in total. The molecule has 0 aromatic heterocycles. The molecule has 0 fully saturated rings. The van der Waals surface area contributed by atoms with Gasteiger partial charge in [-0.25, -0.2) is 0 Å². The van der Waals surface area contributed by atoms with Crippen LogP contribution in [0.3, 0.4) is 0 Å². The van der Waals surface area contributed by atoms with E-state index < -0.39 is 24.4 Å². The molecule has 0 saturated heterocycles. The summed E-state index contributed by atoms with van der Waals surface area (Å²) in [5.41, 5.74) is 11.5. The fourth-order valence-corrected chi connectivity index (χ4v) is 11.6. The Morgan fingerprint density at radius 2 is 0.480 bits per heavy atom. The summed E-state index contributed by atoms with van der Waals surface area (Å²) in [7, 11) is 0. The summed E-state index contributed by atoms with van der Waals surface area (Å²) in [6.45, 7) is 3.08. The minimum atomic E-state index is -0.833. The van der Waals surface area contributed by atoms with Gasteiger partial charge in [-0.3, -0.25) is 0 Å². The number of aliphatic hydroxyl groups is 2. The van der Waals surface area contributed by atoms with Gasteiger partial charge in [-0.1, -0.05) is 255 Å². The molecule has 14 rings (SSSR count). The summed E-state index contributed by atoms with van der Waals surface area (Å²) in [6, 6.07) is 99.0. The number of ether oxygens (including phenoxy) is 10. The van der Waals surface area contributed by atoms with Crippen LogP contribution in [-0.4, -0.2) is 22.4 Å². The molecule has 12 aromatic carbocycles. The molecule has 12 heteroatoms. The van der Waals surface area contributed by atoms with E-state index in [0.717, 1.165) is 66.8 Å². The SMILES string of the molecule is O[C@@H]1Cc2c(OCc3ccccc3)cc(OCc3ccccc3)cc2O[C@@H]1c1ccc(OCc2ccccc2)c(OCc2ccccc2)c1.O[C@H]1Cc2c(OCc3ccccc3)cc(OCc3ccccc3)cc2O[C@@H]1c1ccc(OCc2ccccc2)c(OCc2ccccc2)c1. The highest BCUT2D eigenvalue weighted by Crippen LogP contribution is 2.47. The van der Waals surface area contributed by atoms with Gasteiger partial charge in [-0.2, -0.15) is 0 Å². The van der Waals surface area contributed by atoms with Gasteiger partial charge in [0.25, 0.3) is 0 Å². The first-order chi connectivity index (χ1) is 48.3. The highest BCUT2D eigenvalue weighted by Gasteiger charge is 2.35. The predicted octanol–water partition coefficient (Wildman–Crippen LogP) is 18.1.